The van der Waals surface area contributed by atoms with Gasteiger partial charge >= 0.3 is 0 Å². The first kappa shape index (κ1) is 37.0. The Morgan fingerprint density at radius 2 is 1.25 bits per heavy atom. The van der Waals surface area contributed by atoms with Gasteiger partial charge in [-0.05, 0) is 21.0 Å². The summed E-state index contributed by atoms with van der Waals surface area (Å²) in [7, 11) is 3.31. The molecule has 6 fully saturated rings. The summed E-state index contributed by atoms with van der Waals surface area (Å²) < 4.78 is 52.2. The second kappa shape index (κ2) is 14.3. The van der Waals surface area contributed by atoms with E-state index in [4.69, 9.17) is 42.6 Å². The molecule has 6 aliphatic heterocycles. The second-order valence-electron chi connectivity index (χ2n) is 13.3. The molecule has 4 bridgehead atoms. The highest BCUT2D eigenvalue weighted by Crippen LogP contribution is 2.42. The Balaban J connectivity index is 1.18. The molecule has 0 aromatic rings. The van der Waals surface area contributed by atoms with Crippen LogP contribution in [0.5, 0.6) is 0 Å². The molecular formula is C28H47NO19. The largest absolute Gasteiger partial charge is 0.394 e. The van der Waals surface area contributed by atoms with Crippen LogP contribution < -0.4 is 0 Å². The van der Waals surface area contributed by atoms with Crippen molar-refractivity contribution >= 4 is 0 Å². The van der Waals surface area contributed by atoms with Crippen molar-refractivity contribution in [3.63, 3.8) is 0 Å². The lowest BCUT2D eigenvalue weighted by molar-refractivity contribution is -0.409. The summed E-state index contributed by atoms with van der Waals surface area (Å²) in [5, 5.41) is 106. The predicted octanol–water partition coefficient (Wildman–Crippen LogP) is -7.34. The van der Waals surface area contributed by atoms with E-state index in [0.29, 0.717) is 0 Å². The van der Waals surface area contributed by atoms with Gasteiger partial charge in [-0.3, -0.25) is 0 Å². The Kier molecular flexibility index (Phi) is 11.0. The first-order chi connectivity index (χ1) is 22.7. The van der Waals surface area contributed by atoms with Crippen molar-refractivity contribution in [3.05, 3.63) is 0 Å². The summed E-state index contributed by atoms with van der Waals surface area (Å²) in [6, 6.07) is -0.798. The normalized spacial score (nSPS) is 54.5. The van der Waals surface area contributed by atoms with Crippen LogP contribution in [0.4, 0.5) is 0 Å². The maximum atomic E-state index is 11.4. The first-order valence-corrected chi connectivity index (χ1v) is 15.9. The lowest BCUT2D eigenvalue weighted by Crippen LogP contribution is -2.73. The first-order valence-electron chi connectivity index (χ1n) is 15.9. The van der Waals surface area contributed by atoms with Gasteiger partial charge < -0.3 is 98.6 Å². The number of fused-ring (bicyclic) bond motifs is 4. The van der Waals surface area contributed by atoms with Crippen molar-refractivity contribution in [1.82, 2.24) is 4.90 Å². The summed E-state index contributed by atoms with van der Waals surface area (Å²) in [6.07, 6.45) is -26.7. The van der Waals surface area contributed by atoms with Gasteiger partial charge in [0.1, 0.15) is 97.7 Å². The van der Waals surface area contributed by atoms with Crippen molar-refractivity contribution < 1.29 is 93.7 Å². The number of ether oxygens (including phenoxy) is 9. The number of rotatable bonds is 10. The highest BCUT2D eigenvalue weighted by atomic mass is 16.8. The summed E-state index contributed by atoms with van der Waals surface area (Å²) in [5.74, 6) is -2.05. The van der Waals surface area contributed by atoms with E-state index in [1.807, 2.05) is 0 Å². The van der Waals surface area contributed by atoms with Gasteiger partial charge in [-0.2, -0.15) is 0 Å². The van der Waals surface area contributed by atoms with Crippen LogP contribution in [0.1, 0.15) is 6.92 Å². The van der Waals surface area contributed by atoms with E-state index < -0.39 is 142 Å². The Morgan fingerprint density at radius 3 is 1.88 bits per heavy atom. The monoisotopic (exact) mass is 701 g/mol. The molecule has 6 rings (SSSR count). The van der Waals surface area contributed by atoms with Gasteiger partial charge in [0.2, 0.25) is 5.79 Å². The smallest absolute Gasteiger partial charge is 0.213 e. The molecule has 20 heteroatoms. The molecule has 0 aliphatic carbocycles. The molecule has 0 aromatic carbocycles. The van der Waals surface area contributed by atoms with Crippen molar-refractivity contribution in [2.24, 2.45) is 0 Å². The number of aliphatic hydroxyl groups is 10. The zero-order valence-electron chi connectivity index (χ0n) is 26.5. The number of nitrogens with zero attached hydrogens (tertiary/aromatic N) is 1. The SMILES string of the molecule is CC(N(C)C)[C@@]1(O[C@@H]2[C@H]3OC[C@@H]2O[C@@H](O[C@@H]2[C@@H](O)[C@H](O[C@@H]4[C@H]5OC[C@@H]4O[C@@H](O)[C@H]5O)O[C@H](CO)[C@H]2O)[C@H]3O)O[C@H](CO)[C@H](O)[C@H](O)[C@H]1O. The molecule has 0 aromatic heterocycles. The summed E-state index contributed by atoms with van der Waals surface area (Å²) in [4.78, 5) is 1.63. The molecule has 6 heterocycles. The minimum absolute atomic E-state index is 0.0246. The molecule has 1 unspecified atom stereocenters. The van der Waals surface area contributed by atoms with Crippen LogP contribution in [-0.2, 0) is 42.6 Å². The zero-order valence-corrected chi connectivity index (χ0v) is 26.5. The molecule has 0 radical (unpaired) electrons. The zero-order chi connectivity index (χ0) is 34.8. The minimum atomic E-state index is -2.05. The standard InChI is InChI=1S/C28H47NO19/c1-8(29(2)3)28(24(38)15(34)13(32)10(5-31)47-28)48-20-12-7-41-23(20)18(37)27(44-12)46-21-14(33)9(4-30)43-26(17(21)36)45-19-11-6-40-22(19)16(35)25(39)42-11/h8-27,30-39H,4-7H2,1-3H3/t8?,9-,10-,11+,12+,13+,14-,15+,16+,17-,18+,19+,20+,21+,22+,23+,24-,25-,26+,27+,28+/m1/s1. The van der Waals surface area contributed by atoms with Gasteiger partial charge in [0.25, 0.3) is 0 Å². The fraction of sp³-hybridized carbons (Fsp3) is 1.00. The average molecular weight is 702 g/mol. The Labute approximate surface area is 274 Å². The van der Waals surface area contributed by atoms with Gasteiger partial charge in [-0.1, -0.05) is 0 Å². The third kappa shape index (κ3) is 6.21. The summed E-state index contributed by atoms with van der Waals surface area (Å²) in [5.41, 5.74) is 0. The maximum absolute atomic E-state index is 11.4. The van der Waals surface area contributed by atoms with Crippen LogP contribution in [0.3, 0.4) is 0 Å². The molecule has 20 nitrogen and oxygen atoms in total. The second-order valence-corrected chi connectivity index (χ2v) is 13.3. The molecule has 0 saturated carbocycles. The number of hydrogen-bond acceptors (Lipinski definition) is 20. The average Bonchev–Trinajstić information content (AvgIpc) is 3.55. The van der Waals surface area contributed by atoms with E-state index in [-0.39, 0.29) is 13.2 Å². The Bertz CT molecular complexity index is 1090. The molecule has 48 heavy (non-hydrogen) atoms. The van der Waals surface area contributed by atoms with Gasteiger partial charge in [0, 0.05) is 0 Å². The van der Waals surface area contributed by atoms with Crippen molar-refractivity contribution in [1.29, 1.82) is 0 Å². The molecule has 6 saturated heterocycles. The molecule has 278 valence electrons. The van der Waals surface area contributed by atoms with Crippen molar-refractivity contribution in [2.75, 3.05) is 40.5 Å². The van der Waals surface area contributed by atoms with Gasteiger partial charge in [-0.15, -0.1) is 0 Å². The summed E-state index contributed by atoms with van der Waals surface area (Å²) >= 11 is 0. The molecule has 0 spiro atoms. The van der Waals surface area contributed by atoms with Crippen LogP contribution >= 0.6 is 0 Å². The lowest BCUT2D eigenvalue weighted by atomic mass is 9.87. The van der Waals surface area contributed by atoms with Crippen molar-refractivity contribution in [2.45, 2.75) is 135 Å². The topological polar surface area (TPSA) is 289 Å². The third-order valence-corrected chi connectivity index (χ3v) is 10.2. The molecule has 0 amide bonds. The molecular weight excluding hydrogens is 654 g/mol. The lowest BCUT2D eigenvalue weighted by Gasteiger charge is -2.54. The fourth-order valence-corrected chi connectivity index (χ4v) is 7.20. The van der Waals surface area contributed by atoms with E-state index in [1.165, 1.54) is 0 Å². The minimum Gasteiger partial charge on any atom is -0.394 e. The molecule has 21 atom stereocenters. The van der Waals surface area contributed by atoms with Gasteiger partial charge in [0.15, 0.2) is 18.9 Å². The van der Waals surface area contributed by atoms with Crippen molar-refractivity contribution in [3.8, 4) is 0 Å². The quantitative estimate of drug-likeness (QED) is 0.101. The predicted molar refractivity (Wildman–Crippen MR) is 149 cm³/mol. The van der Waals surface area contributed by atoms with E-state index >= 15 is 0 Å². The van der Waals surface area contributed by atoms with E-state index in [2.05, 4.69) is 0 Å². The van der Waals surface area contributed by atoms with E-state index in [0.717, 1.165) is 0 Å². The number of aliphatic hydroxyl groups excluding tert-OH is 10. The van der Waals surface area contributed by atoms with Crippen LogP contribution in [0, 0.1) is 0 Å². The van der Waals surface area contributed by atoms with E-state index in [9.17, 15) is 51.1 Å². The highest BCUT2D eigenvalue weighted by Gasteiger charge is 2.63. The Hall–Kier alpha value is -0.800. The van der Waals surface area contributed by atoms with Gasteiger partial charge in [0.05, 0.1) is 32.5 Å². The fourth-order valence-electron chi connectivity index (χ4n) is 7.20. The third-order valence-electron chi connectivity index (χ3n) is 10.2. The maximum Gasteiger partial charge on any atom is 0.213 e. The van der Waals surface area contributed by atoms with E-state index in [1.54, 1.807) is 25.9 Å². The van der Waals surface area contributed by atoms with Gasteiger partial charge in [-0.25, -0.2) is 0 Å². The van der Waals surface area contributed by atoms with Crippen LogP contribution in [0.2, 0.25) is 0 Å². The van der Waals surface area contributed by atoms with Crippen LogP contribution in [-0.4, -0.2) is 225 Å². The summed E-state index contributed by atoms with van der Waals surface area (Å²) in [6.45, 7) is 0.0384. The highest BCUT2D eigenvalue weighted by molar-refractivity contribution is 5.06. The molecule has 10 N–H and O–H groups in total. The van der Waals surface area contributed by atoms with Crippen LogP contribution in [0.15, 0.2) is 0 Å². The van der Waals surface area contributed by atoms with Crippen LogP contribution in [0.25, 0.3) is 0 Å². The number of likely N-dealkylation sites (N-methyl/N-ethyl adjacent to an activating group) is 1. The number of hydrogen-bond donors (Lipinski definition) is 10. The molecule has 6 aliphatic rings. The Morgan fingerprint density at radius 1 is 0.667 bits per heavy atom.